The average molecular weight is 705 g/mol. The highest BCUT2D eigenvalue weighted by Crippen LogP contribution is 2.37. The predicted octanol–water partition coefficient (Wildman–Crippen LogP) is 8.21. The van der Waals surface area contributed by atoms with Crippen molar-refractivity contribution in [2.75, 3.05) is 17.2 Å². The van der Waals surface area contributed by atoms with E-state index in [-0.39, 0.29) is 18.2 Å². The number of nitrogens with zero attached hydrogens (tertiary/aromatic N) is 1. The quantitative estimate of drug-likeness (QED) is 0.0641. The van der Waals surface area contributed by atoms with E-state index in [0.717, 1.165) is 16.0 Å². The number of thioether (sulfide) groups is 1. The molecule has 9 nitrogen and oxygen atoms in total. The van der Waals surface area contributed by atoms with Crippen LogP contribution in [-0.2, 0) is 14.3 Å². The van der Waals surface area contributed by atoms with Crippen molar-refractivity contribution in [1.82, 2.24) is 10.3 Å². The number of hydrogen-bond acceptors (Lipinski definition) is 8. The lowest BCUT2D eigenvalue weighted by atomic mass is 10.0. The Morgan fingerprint density at radius 2 is 1.70 bits per heavy atom. The first-order valence-electron chi connectivity index (χ1n) is 16.0. The van der Waals surface area contributed by atoms with Crippen LogP contribution in [0.1, 0.15) is 52.1 Å². The molecule has 3 aromatic carbocycles. The van der Waals surface area contributed by atoms with Gasteiger partial charge in [0, 0.05) is 39.5 Å². The molecule has 11 heteroatoms. The third kappa shape index (κ3) is 9.34. The molecular formula is C39H36N4O5S2. The van der Waals surface area contributed by atoms with Crippen molar-refractivity contribution in [2.45, 2.75) is 37.3 Å². The zero-order valence-electron chi connectivity index (χ0n) is 27.8. The summed E-state index contributed by atoms with van der Waals surface area (Å²) in [5, 5.41) is 10.3. The Kier molecular flexibility index (Phi) is 12.3. The van der Waals surface area contributed by atoms with Gasteiger partial charge in [0.05, 0.1) is 11.9 Å². The zero-order valence-corrected chi connectivity index (χ0v) is 29.4. The van der Waals surface area contributed by atoms with Crippen LogP contribution in [0.3, 0.4) is 0 Å². The monoisotopic (exact) mass is 704 g/mol. The number of anilines is 2. The summed E-state index contributed by atoms with van der Waals surface area (Å²) in [6.45, 7) is 5.85. The number of thiophene rings is 1. The number of ether oxygens (including phenoxy) is 1. The number of carbonyl (C=O) groups is 4. The van der Waals surface area contributed by atoms with Crippen LogP contribution in [0, 0.1) is 6.92 Å². The molecule has 0 saturated heterocycles. The number of aromatic nitrogens is 1. The summed E-state index contributed by atoms with van der Waals surface area (Å²) in [6.07, 6.45) is 5.26. The Morgan fingerprint density at radius 3 is 2.40 bits per heavy atom. The van der Waals surface area contributed by atoms with E-state index in [1.165, 1.54) is 23.1 Å². The SMILES string of the molecule is CCOC(=O)c1c(-c2ccc(C)cc2)csc1NC(=O)C(CC)Sc1cccc(NC(=O)/C(=C/c2cccnc2)NC(=O)c2ccccc2)c1. The molecule has 5 rings (SSSR count). The van der Waals surface area contributed by atoms with E-state index in [9.17, 15) is 19.2 Å². The van der Waals surface area contributed by atoms with Crippen LogP contribution < -0.4 is 16.0 Å². The maximum absolute atomic E-state index is 13.6. The number of pyridine rings is 1. The fourth-order valence-electron chi connectivity index (χ4n) is 4.90. The number of hydrogen-bond donors (Lipinski definition) is 3. The van der Waals surface area contributed by atoms with Gasteiger partial charge in [-0.05, 0) is 73.9 Å². The zero-order chi connectivity index (χ0) is 35.5. The van der Waals surface area contributed by atoms with E-state index in [0.29, 0.717) is 39.4 Å². The number of esters is 1. The highest BCUT2D eigenvalue weighted by Gasteiger charge is 2.26. The van der Waals surface area contributed by atoms with Gasteiger partial charge in [0.25, 0.3) is 11.8 Å². The first-order chi connectivity index (χ1) is 24.2. The number of carbonyl (C=O) groups excluding carboxylic acids is 4. The fourth-order valence-corrected chi connectivity index (χ4v) is 6.87. The standard InChI is InChI=1S/C39H36N4O5S2/c1-4-33(37(46)43-38-34(39(47)48-5-2)31(24-49-38)27-18-16-25(3)17-19-27)50-30-15-9-14-29(22-30)41-36(45)32(21-26-11-10-20-40-23-26)42-35(44)28-12-7-6-8-13-28/h6-24,33H,4-5H2,1-3H3,(H,41,45)(H,42,44)(H,43,46)/b32-21-. The number of benzene rings is 3. The van der Waals surface area contributed by atoms with Crippen molar-refractivity contribution in [3.8, 4) is 11.1 Å². The van der Waals surface area contributed by atoms with Crippen molar-refractivity contribution in [2.24, 2.45) is 0 Å². The Labute approximate surface area is 299 Å². The lowest BCUT2D eigenvalue weighted by Crippen LogP contribution is -2.30. The summed E-state index contributed by atoms with van der Waals surface area (Å²) in [4.78, 5) is 58.0. The Balaban J connectivity index is 1.32. The fraction of sp³-hybridized carbons (Fsp3) is 0.154. The highest BCUT2D eigenvalue weighted by atomic mass is 32.2. The highest BCUT2D eigenvalue weighted by molar-refractivity contribution is 8.00. The first-order valence-corrected chi connectivity index (χ1v) is 17.7. The van der Waals surface area contributed by atoms with Crippen LogP contribution in [0.15, 0.2) is 119 Å². The van der Waals surface area contributed by atoms with Crippen LogP contribution in [0.5, 0.6) is 0 Å². The maximum atomic E-state index is 13.6. The van der Waals surface area contributed by atoms with Gasteiger partial charge in [0.1, 0.15) is 16.3 Å². The molecule has 0 spiro atoms. The van der Waals surface area contributed by atoms with E-state index in [1.807, 2.05) is 49.6 Å². The Morgan fingerprint density at radius 1 is 0.920 bits per heavy atom. The molecule has 0 fully saturated rings. The summed E-state index contributed by atoms with van der Waals surface area (Å²) >= 11 is 2.62. The molecule has 0 radical (unpaired) electrons. The summed E-state index contributed by atoms with van der Waals surface area (Å²) in [7, 11) is 0. The molecule has 1 unspecified atom stereocenters. The maximum Gasteiger partial charge on any atom is 0.341 e. The van der Waals surface area contributed by atoms with Gasteiger partial charge in [-0.3, -0.25) is 19.4 Å². The minimum Gasteiger partial charge on any atom is -0.462 e. The summed E-state index contributed by atoms with van der Waals surface area (Å²) < 4.78 is 5.36. The summed E-state index contributed by atoms with van der Waals surface area (Å²) in [6, 6.07) is 27.1. The van der Waals surface area contributed by atoms with E-state index < -0.39 is 23.0 Å². The molecule has 5 aromatic rings. The van der Waals surface area contributed by atoms with Crippen LogP contribution in [0.25, 0.3) is 17.2 Å². The Hall–Kier alpha value is -5.52. The molecule has 50 heavy (non-hydrogen) atoms. The van der Waals surface area contributed by atoms with Crippen molar-refractivity contribution in [3.63, 3.8) is 0 Å². The van der Waals surface area contributed by atoms with E-state index >= 15 is 0 Å². The van der Waals surface area contributed by atoms with E-state index in [4.69, 9.17) is 4.74 Å². The second kappa shape index (κ2) is 17.2. The molecule has 3 amide bonds. The van der Waals surface area contributed by atoms with Gasteiger partial charge >= 0.3 is 5.97 Å². The van der Waals surface area contributed by atoms with Gasteiger partial charge < -0.3 is 20.7 Å². The Bertz CT molecular complexity index is 1990. The van der Waals surface area contributed by atoms with E-state index in [1.54, 1.807) is 86.1 Å². The van der Waals surface area contributed by atoms with Gasteiger partial charge in [-0.1, -0.05) is 67.1 Å². The summed E-state index contributed by atoms with van der Waals surface area (Å²) in [5.41, 5.74) is 4.53. The van der Waals surface area contributed by atoms with Crippen molar-refractivity contribution in [1.29, 1.82) is 0 Å². The molecule has 0 aliphatic heterocycles. The lowest BCUT2D eigenvalue weighted by molar-refractivity contribution is -0.116. The lowest BCUT2D eigenvalue weighted by Gasteiger charge is -2.16. The van der Waals surface area contributed by atoms with Gasteiger partial charge in [0.15, 0.2) is 0 Å². The van der Waals surface area contributed by atoms with Gasteiger partial charge in [0.2, 0.25) is 5.91 Å². The number of aryl methyl sites for hydroxylation is 1. The number of rotatable bonds is 13. The van der Waals surface area contributed by atoms with Crippen LogP contribution in [0.2, 0.25) is 0 Å². The van der Waals surface area contributed by atoms with Gasteiger partial charge in [-0.15, -0.1) is 23.1 Å². The van der Waals surface area contributed by atoms with Crippen molar-refractivity contribution >= 4 is 63.6 Å². The smallest absolute Gasteiger partial charge is 0.341 e. The molecular weight excluding hydrogens is 669 g/mol. The largest absolute Gasteiger partial charge is 0.462 e. The summed E-state index contributed by atoms with van der Waals surface area (Å²) in [5.74, 6) is -1.72. The molecule has 1 atom stereocenters. The molecule has 0 bridgehead atoms. The molecule has 0 saturated carbocycles. The molecule has 0 aliphatic carbocycles. The molecule has 2 heterocycles. The van der Waals surface area contributed by atoms with Crippen LogP contribution >= 0.6 is 23.1 Å². The van der Waals surface area contributed by atoms with E-state index in [2.05, 4.69) is 20.9 Å². The normalized spacial score (nSPS) is 11.7. The minimum absolute atomic E-state index is 0.0362. The van der Waals surface area contributed by atoms with Crippen LogP contribution in [-0.4, -0.2) is 40.5 Å². The van der Waals surface area contributed by atoms with Crippen molar-refractivity contribution < 1.29 is 23.9 Å². The van der Waals surface area contributed by atoms with Gasteiger partial charge in [-0.2, -0.15) is 0 Å². The topological polar surface area (TPSA) is 126 Å². The van der Waals surface area contributed by atoms with Gasteiger partial charge in [-0.25, -0.2) is 4.79 Å². The number of nitrogens with one attached hydrogen (secondary N) is 3. The van der Waals surface area contributed by atoms with Crippen LogP contribution in [0.4, 0.5) is 10.7 Å². The average Bonchev–Trinajstić information content (AvgIpc) is 3.55. The molecule has 0 aliphatic rings. The molecule has 2 aromatic heterocycles. The minimum atomic E-state index is -0.529. The number of amides is 3. The predicted molar refractivity (Wildman–Crippen MR) is 200 cm³/mol. The second-order valence-electron chi connectivity index (χ2n) is 11.1. The molecule has 254 valence electrons. The third-order valence-corrected chi connectivity index (χ3v) is 9.68. The third-order valence-electron chi connectivity index (χ3n) is 7.43. The molecule has 3 N–H and O–H groups in total. The van der Waals surface area contributed by atoms with Crippen molar-refractivity contribution in [3.05, 3.63) is 137 Å². The second-order valence-corrected chi connectivity index (χ2v) is 13.2. The first kappa shape index (κ1) is 35.8.